The molecule has 0 spiro atoms. The molecule has 2 unspecified atom stereocenters. The molecule has 0 aliphatic carbocycles. The number of rotatable bonds is 10. The first kappa shape index (κ1) is 26.0. The molecule has 0 amide bonds. The van der Waals surface area contributed by atoms with Gasteiger partial charge in [-0.2, -0.15) is 0 Å². The maximum Gasteiger partial charge on any atom is 0.128 e. The molecule has 30 heavy (non-hydrogen) atoms. The van der Waals surface area contributed by atoms with E-state index in [2.05, 4.69) is 12.1 Å². The minimum Gasteiger partial charge on any atom is -0.396 e. The molecule has 3 N–H and O–H groups in total. The summed E-state index contributed by atoms with van der Waals surface area (Å²) in [5, 5.41) is 28.8. The van der Waals surface area contributed by atoms with Crippen LogP contribution in [-0.2, 0) is 17.6 Å². The molecule has 2 aromatic carbocycles. The van der Waals surface area contributed by atoms with E-state index in [-0.39, 0.29) is 6.61 Å². The van der Waals surface area contributed by atoms with Crippen molar-refractivity contribution in [1.29, 1.82) is 0 Å². The highest BCUT2D eigenvalue weighted by atomic mass is 16.3. The van der Waals surface area contributed by atoms with E-state index < -0.39 is 23.0 Å². The zero-order valence-electron chi connectivity index (χ0n) is 18.8. The van der Waals surface area contributed by atoms with Crippen LogP contribution in [0.2, 0.25) is 0 Å². The van der Waals surface area contributed by atoms with E-state index in [9.17, 15) is 15.0 Å². The number of carbonyl (C=O) groups excluding carboxylic acids is 1. The zero-order valence-corrected chi connectivity index (χ0v) is 18.8. The van der Waals surface area contributed by atoms with Crippen molar-refractivity contribution in [2.75, 3.05) is 6.61 Å². The lowest BCUT2D eigenvalue weighted by molar-refractivity contribution is -0.120. The topological polar surface area (TPSA) is 77.8 Å². The second kappa shape index (κ2) is 12.6. The van der Waals surface area contributed by atoms with Gasteiger partial charge in [0.25, 0.3) is 0 Å². The van der Waals surface area contributed by atoms with Gasteiger partial charge in [0, 0.05) is 10.8 Å². The van der Waals surface area contributed by atoms with E-state index in [1.807, 2.05) is 62.4 Å². The molecule has 4 heteroatoms. The van der Waals surface area contributed by atoms with Crippen LogP contribution in [0.4, 0.5) is 0 Å². The fourth-order valence-electron chi connectivity index (χ4n) is 2.84. The Morgan fingerprint density at radius 3 is 1.53 bits per heavy atom. The number of carbonyl (C=O) groups is 1. The van der Waals surface area contributed by atoms with Crippen LogP contribution in [0.25, 0.3) is 0 Å². The molecule has 2 rings (SSSR count). The molecule has 0 radical (unpaired) electrons. The Morgan fingerprint density at radius 2 is 1.17 bits per heavy atom. The Morgan fingerprint density at radius 1 is 0.767 bits per heavy atom. The first-order chi connectivity index (χ1) is 14.1. The number of aliphatic hydroxyl groups is 3. The Kier molecular flexibility index (Phi) is 11.0. The Balaban J connectivity index is 0.000000300. The van der Waals surface area contributed by atoms with E-state index in [1.165, 1.54) is 11.1 Å². The Labute approximate surface area is 181 Å². The third kappa shape index (κ3) is 9.21. The van der Waals surface area contributed by atoms with Crippen molar-refractivity contribution < 1.29 is 20.1 Å². The predicted octanol–water partition coefficient (Wildman–Crippen LogP) is 4.20. The summed E-state index contributed by atoms with van der Waals surface area (Å²) >= 11 is 0. The number of aldehydes is 1. The zero-order chi connectivity index (χ0) is 22.6. The fourth-order valence-corrected chi connectivity index (χ4v) is 2.84. The van der Waals surface area contributed by atoms with Crippen LogP contribution < -0.4 is 0 Å². The van der Waals surface area contributed by atoms with E-state index in [0.717, 1.165) is 19.1 Å². The van der Waals surface area contributed by atoms with Gasteiger partial charge >= 0.3 is 0 Å². The lowest BCUT2D eigenvalue weighted by Gasteiger charge is -2.28. The largest absolute Gasteiger partial charge is 0.396 e. The monoisotopic (exact) mass is 414 g/mol. The van der Waals surface area contributed by atoms with E-state index in [0.29, 0.717) is 12.8 Å². The van der Waals surface area contributed by atoms with Gasteiger partial charge < -0.3 is 20.1 Å². The molecular weight excluding hydrogens is 376 g/mol. The molecule has 2 aromatic rings. The lowest BCUT2D eigenvalue weighted by atomic mass is 9.84. The van der Waals surface area contributed by atoms with Crippen molar-refractivity contribution >= 4 is 6.29 Å². The van der Waals surface area contributed by atoms with Gasteiger partial charge in [0.2, 0.25) is 0 Å². The van der Waals surface area contributed by atoms with Crippen LogP contribution in [0.1, 0.15) is 51.7 Å². The fraction of sp³-hybridized carbons (Fsp3) is 0.500. The number of hydrogen-bond acceptors (Lipinski definition) is 4. The van der Waals surface area contributed by atoms with Crippen molar-refractivity contribution in [2.24, 2.45) is 10.8 Å². The van der Waals surface area contributed by atoms with Crippen LogP contribution >= 0.6 is 0 Å². The molecule has 0 aromatic heterocycles. The van der Waals surface area contributed by atoms with Crippen LogP contribution in [0, 0.1) is 10.8 Å². The highest BCUT2D eigenvalue weighted by Gasteiger charge is 2.27. The van der Waals surface area contributed by atoms with Crippen molar-refractivity contribution in [3.05, 3.63) is 71.8 Å². The average Bonchev–Trinajstić information content (AvgIpc) is 2.77. The van der Waals surface area contributed by atoms with E-state index in [1.54, 1.807) is 13.8 Å². The highest BCUT2D eigenvalue weighted by molar-refractivity contribution is 5.58. The first-order valence-electron chi connectivity index (χ1n) is 10.6. The summed E-state index contributed by atoms with van der Waals surface area (Å²) in [5.74, 6) is 0. The third-order valence-electron chi connectivity index (χ3n) is 5.57. The quantitative estimate of drug-likeness (QED) is 0.509. The van der Waals surface area contributed by atoms with Crippen molar-refractivity contribution in [3.63, 3.8) is 0 Å². The normalized spacial score (nSPS) is 13.7. The molecule has 0 aliphatic rings. The molecule has 0 heterocycles. The number of hydrogen-bond donors (Lipinski definition) is 3. The average molecular weight is 415 g/mol. The van der Waals surface area contributed by atoms with Crippen molar-refractivity contribution in [2.45, 2.75) is 65.6 Å². The summed E-state index contributed by atoms with van der Waals surface area (Å²) in [5.41, 5.74) is 1.37. The van der Waals surface area contributed by atoms with E-state index in [4.69, 9.17) is 5.11 Å². The number of aliphatic hydroxyl groups excluding tert-OH is 3. The summed E-state index contributed by atoms with van der Waals surface area (Å²) in [7, 11) is 0. The molecule has 0 saturated heterocycles. The highest BCUT2D eigenvalue weighted by Crippen LogP contribution is 2.23. The SMILES string of the molecule is CC(C)(C=O)C(O)CCc1ccccc1.CC(C)(CO)C(O)CCc1ccccc1. The van der Waals surface area contributed by atoms with Gasteiger partial charge in [-0.1, -0.05) is 88.4 Å². The van der Waals surface area contributed by atoms with Crippen molar-refractivity contribution in [1.82, 2.24) is 0 Å². The summed E-state index contributed by atoms with van der Waals surface area (Å²) in [4.78, 5) is 10.7. The standard InChI is InChI=1S/C13H20O2.C13H18O2/c2*1-13(2,10-14)12(15)9-8-11-6-4-3-5-7-11/h3-7,12,14-15H,8-10H2,1-2H3;3-7,10,12,15H,8-9H2,1-2H3. The summed E-state index contributed by atoms with van der Waals surface area (Å²) < 4.78 is 0. The maximum absolute atomic E-state index is 10.7. The predicted molar refractivity (Wildman–Crippen MR) is 122 cm³/mol. The summed E-state index contributed by atoms with van der Waals surface area (Å²) in [6.45, 7) is 7.29. The van der Waals surface area contributed by atoms with Gasteiger partial charge in [0.1, 0.15) is 6.29 Å². The van der Waals surface area contributed by atoms with Gasteiger partial charge in [-0.3, -0.25) is 0 Å². The van der Waals surface area contributed by atoms with Gasteiger partial charge in [0.15, 0.2) is 0 Å². The lowest BCUT2D eigenvalue weighted by Crippen LogP contribution is -2.33. The van der Waals surface area contributed by atoms with Crippen LogP contribution in [0.3, 0.4) is 0 Å². The smallest absolute Gasteiger partial charge is 0.128 e. The molecule has 0 aliphatic heterocycles. The first-order valence-corrected chi connectivity index (χ1v) is 10.6. The second-order valence-corrected chi connectivity index (χ2v) is 9.17. The molecule has 2 atom stereocenters. The summed E-state index contributed by atoms with van der Waals surface area (Å²) in [6, 6.07) is 20.1. The van der Waals surface area contributed by atoms with Crippen LogP contribution in [-0.4, -0.2) is 40.4 Å². The second-order valence-electron chi connectivity index (χ2n) is 9.17. The van der Waals surface area contributed by atoms with Gasteiger partial charge in [-0.25, -0.2) is 0 Å². The molecule has 0 saturated carbocycles. The van der Waals surface area contributed by atoms with Crippen LogP contribution in [0.5, 0.6) is 0 Å². The number of aryl methyl sites for hydroxylation is 2. The Bertz CT molecular complexity index is 710. The van der Waals surface area contributed by atoms with Gasteiger partial charge in [0.05, 0.1) is 18.8 Å². The van der Waals surface area contributed by atoms with Gasteiger partial charge in [-0.15, -0.1) is 0 Å². The maximum atomic E-state index is 10.7. The summed E-state index contributed by atoms with van der Waals surface area (Å²) in [6.07, 6.45) is 2.76. The molecule has 0 bridgehead atoms. The molecule has 166 valence electrons. The van der Waals surface area contributed by atoms with Gasteiger partial charge in [-0.05, 0) is 36.8 Å². The molecular formula is C26H38O4. The minimum atomic E-state index is -0.644. The van der Waals surface area contributed by atoms with E-state index >= 15 is 0 Å². The van der Waals surface area contributed by atoms with Crippen molar-refractivity contribution in [3.8, 4) is 0 Å². The molecule has 0 fully saturated rings. The Hall–Kier alpha value is -2.01. The molecule has 4 nitrogen and oxygen atoms in total. The third-order valence-corrected chi connectivity index (χ3v) is 5.57. The minimum absolute atomic E-state index is 0.0168. The van der Waals surface area contributed by atoms with Crippen LogP contribution in [0.15, 0.2) is 60.7 Å². The number of benzene rings is 2.